The van der Waals surface area contributed by atoms with Crippen molar-refractivity contribution in [3.05, 3.63) is 29.6 Å². The van der Waals surface area contributed by atoms with Crippen LogP contribution in [0, 0.1) is 12.7 Å². The maximum Gasteiger partial charge on any atom is 0.221 e. The van der Waals surface area contributed by atoms with E-state index in [1.165, 1.54) is 18.2 Å². The van der Waals surface area contributed by atoms with Gasteiger partial charge in [0, 0.05) is 0 Å². The summed E-state index contributed by atoms with van der Waals surface area (Å²) in [5.74, 6) is 0.127. The van der Waals surface area contributed by atoms with Gasteiger partial charge in [-0.15, -0.1) is 0 Å². The van der Waals surface area contributed by atoms with Crippen molar-refractivity contribution in [2.75, 3.05) is 6.79 Å². The first-order valence-corrected chi connectivity index (χ1v) is 3.21. The summed E-state index contributed by atoms with van der Waals surface area (Å²) in [6.45, 7) is 0.984. The Morgan fingerprint density at radius 2 is 2.27 bits per heavy atom. The Balaban J connectivity index is 2.86. The lowest BCUT2D eigenvalue weighted by molar-refractivity contribution is 0.0375. The molecule has 11 heavy (non-hydrogen) atoms. The van der Waals surface area contributed by atoms with Gasteiger partial charge in [0.15, 0.2) is 0 Å². The zero-order chi connectivity index (χ0) is 8.27. The number of hydrogen-bond acceptors (Lipinski definition) is 1. The molecule has 0 spiro atoms. The first kappa shape index (κ1) is 8.01. The van der Waals surface area contributed by atoms with Gasteiger partial charge in [-0.1, -0.05) is 0 Å². The van der Waals surface area contributed by atoms with Crippen LogP contribution < -0.4 is 4.74 Å². The molecule has 0 aliphatic rings. The van der Waals surface area contributed by atoms with E-state index in [-0.39, 0.29) is 5.82 Å². The monoisotopic (exact) mass is 155 g/mol. The minimum Gasteiger partial charge on any atom is -0.465 e. The third kappa shape index (κ3) is 1.91. The van der Waals surface area contributed by atoms with E-state index in [0.29, 0.717) is 11.3 Å². The fourth-order valence-corrected chi connectivity index (χ4v) is 0.775. The molecular weight excluding hydrogens is 147 g/mol. The summed E-state index contributed by atoms with van der Waals surface area (Å²) in [4.78, 5) is 0. The van der Waals surface area contributed by atoms with E-state index in [4.69, 9.17) is 0 Å². The van der Waals surface area contributed by atoms with Crippen molar-refractivity contribution < 1.29 is 14.2 Å². The summed E-state index contributed by atoms with van der Waals surface area (Å²) in [5.41, 5.74) is 0.482. The van der Waals surface area contributed by atoms with E-state index in [1.54, 1.807) is 6.92 Å². The predicted octanol–water partition coefficient (Wildman–Crippen LogP) is 1.90. The molecule has 0 amide bonds. The molecule has 0 N–H and O–H groups in total. The van der Waals surface area contributed by atoms with Crippen molar-refractivity contribution in [2.45, 2.75) is 6.92 Å². The van der Waals surface area contributed by atoms with Gasteiger partial charge in [-0.25, -0.2) is 4.39 Å². The molecule has 1 radical (unpaired) electrons. The smallest absolute Gasteiger partial charge is 0.221 e. The van der Waals surface area contributed by atoms with Gasteiger partial charge in [0.25, 0.3) is 0 Å². The third-order valence-corrected chi connectivity index (χ3v) is 1.36. The summed E-state index contributed by atoms with van der Waals surface area (Å²) in [5, 5.41) is 9.98. The zero-order valence-corrected chi connectivity index (χ0v) is 6.13. The molecule has 0 aromatic heterocycles. The highest BCUT2D eigenvalue weighted by atomic mass is 19.1. The Bertz CT molecular complexity index is 248. The minimum absolute atomic E-state index is 0.289. The summed E-state index contributed by atoms with van der Waals surface area (Å²) in [6.07, 6.45) is 0. The average molecular weight is 155 g/mol. The normalized spacial score (nSPS) is 9.73. The number of hydrogen-bond donors (Lipinski definition) is 0. The fourth-order valence-electron chi connectivity index (χ4n) is 0.775. The second-order valence-corrected chi connectivity index (χ2v) is 2.17. The highest BCUT2D eigenvalue weighted by Crippen LogP contribution is 2.15. The molecule has 0 aliphatic carbocycles. The number of benzene rings is 1. The van der Waals surface area contributed by atoms with E-state index in [0.717, 1.165) is 0 Å². The SMILES string of the molecule is Cc1cc(OC[O])ccc1F. The maximum atomic E-state index is 12.6. The second kappa shape index (κ2) is 3.34. The van der Waals surface area contributed by atoms with Gasteiger partial charge < -0.3 is 4.74 Å². The van der Waals surface area contributed by atoms with Crippen molar-refractivity contribution in [1.29, 1.82) is 0 Å². The van der Waals surface area contributed by atoms with Crippen molar-refractivity contribution in [3.63, 3.8) is 0 Å². The zero-order valence-electron chi connectivity index (χ0n) is 6.13. The van der Waals surface area contributed by atoms with Crippen LogP contribution in [0.4, 0.5) is 4.39 Å². The summed E-state index contributed by atoms with van der Waals surface area (Å²) in [6, 6.07) is 4.20. The molecule has 1 aromatic rings. The molecule has 0 heterocycles. The molecule has 0 saturated carbocycles. The summed E-state index contributed by atoms with van der Waals surface area (Å²) < 4.78 is 17.2. The molecule has 2 nitrogen and oxygen atoms in total. The van der Waals surface area contributed by atoms with E-state index in [9.17, 15) is 9.50 Å². The molecule has 59 valence electrons. The van der Waals surface area contributed by atoms with E-state index in [1.807, 2.05) is 0 Å². The van der Waals surface area contributed by atoms with Crippen LogP contribution in [0.1, 0.15) is 5.56 Å². The fraction of sp³-hybridized carbons (Fsp3) is 0.250. The summed E-state index contributed by atoms with van der Waals surface area (Å²) >= 11 is 0. The van der Waals surface area contributed by atoms with Crippen molar-refractivity contribution in [1.82, 2.24) is 0 Å². The van der Waals surface area contributed by atoms with Crippen LogP contribution in [0.25, 0.3) is 0 Å². The molecule has 0 atom stereocenters. The lowest BCUT2D eigenvalue weighted by atomic mass is 10.2. The molecule has 1 aromatic carbocycles. The largest absolute Gasteiger partial charge is 0.465 e. The molecule has 0 bridgehead atoms. The molecule has 3 heteroatoms. The van der Waals surface area contributed by atoms with Crippen LogP contribution in [0.3, 0.4) is 0 Å². The van der Waals surface area contributed by atoms with Crippen LogP contribution in [0.5, 0.6) is 5.75 Å². The van der Waals surface area contributed by atoms with Gasteiger partial charge in [0.1, 0.15) is 11.6 Å². The lowest BCUT2D eigenvalue weighted by Crippen LogP contribution is -1.93. The van der Waals surface area contributed by atoms with Gasteiger partial charge in [-0.3, -0.25) is 0 Å². The topological polar surface area (TPSA) is 29.1 Å². The highest BCUT2D eigenvalue weighted by molar-refractivity contribution is 5.28. The number of rotatable bonds is 2. The molecule has 0 saturated heterocycles. The lowest BCUT2D eigenvalue weighted by Gasteiger charge is -2.01. The van der Waals surface area contributed by atoms with Gasteiger partial charge in [0.2, 0.25) is 6.79 Å². The first-order valence-electron chi connectivity index (χ1n) is 3.21. The predicted molar refractivity (Wildman–Crippen MR) is 37.3 cm³/mol. The van der Waals surface area contributed by atoms with Crippen molar-refractivity contribution in [3.8, 4) is 5.75 Å². The Morgan fingerprint density at radius 1 is 1.55 bits per heavy atom. The van der Waals surface area contributed by atoms with Crippen molar-refractivity contribution in [2.24, 2.45) is 0 Å². The first-order chi connectivity index (χ1) is 5.24. The van der Waals surface area contributed by atoms with E-state index < -0.39 is 6.79 Å². The van der Waals surface area contributed by atoms with Crippen LogP contribution in [-0.2, 0) is 5.11 Å². The summed E-state index contributed by atoms with van der Waals surface area (Å²) in [7, 11) is 0. The molecule has 0 fully saturated rings. The van der Waals surface area contributed by atoms with Crippen LogP contribution in [0.15, 0.2) is 18.2 Å². The van der Waals surface area contributed by atoms with Gasteiger partial charge in [0.05, 0.1) is 0 Å². The second-order valence-electron chi connectivity index (χ2n) is 2.17. The van der Waals surface area contributed by atoms with Gasteiger partial charge >= 0.3 is 0 Å². The van der Waals surface area contributed by atoms with Crippen LogP contribution >= 0.6 is 0 Å². The Kier molecular flexibility index (Phi) is 2.44. The Morgan fingerprint density at radius 3 is 2.82 bits per heavy atom. The maximum absolute atomic E-state index is 12.6. The van der Waals surface area contributed by atoms with Gasteiger partial charge in [-0.05, 0) is 30.7 Å². The number of aryl methyl sites for hydroxylation is 1. The minimum atomic E-state index is -0.634. The number of ether oxygens (including phenoxy) is 1. The molecule has 1 rings (SSSR count). The van der Waals surface area contributed by atoms with Crippen LogP contribution in [0.2, 0.25) is 0 Å². The Hall–Kier alpha value is -1.09. The molecular formula is C8H8FO2. The number of halogens is 1. The Labute approximate surface area is 64.2 Å². The third-order valence-electron chi connectivity index (χ3n) is 1.36. The molecule has 0 unspecified atom stereocenters. The average Bonchev–Trinajstić information content (AvgIpc) is 1.98. The van der Waals surface area contributed by atoms with Gasteiger partial charge in [-0.2, -0.15) is 5.11 Å². The van der Waals surface area contributed by atoms with Crippen LogP contribution in [-0.4, -0.2) is 6.79 Å². The highest BCUT2D eigenvalue weighted by Gasteiger charge is 1.98. The van der Waals surface area contributed by atoms with Crippen molar-refractivity contribution >= 4 is 0 Å². The quantitative estimate of drug-likeness (QED) is 0.599. The van der Waals surface area contributed by atoms with E-state index in [2.05, 4.69) is 4.74 Å². The van der Waals surface area contributed by atoms with E-state index >= 15 is 0 Å². The standard InChI is InChI=1S/C8H8FO2/c1-6-4-7(11-5-10)2-3-8(6)9/h2-4H,5H2,1H3. The molecule has 0 aliphatic heterocycles.